The van der Waals surface area contributed by atoms with E-state index in [0.717, 1.165) is 12.1 Å². The standard InChI is InChI=1S/C14H12F3NO/c1-8(9-4-2-3-5-12(9)19)18-11-7-6-10(15)13(16)14(11)17/h2-8,18-19H,1H3. The van der Waals surface area contributed by atoms with E-state index in [1.165, 1.54) is 6.07 Å². The van der Waals surface area contributed by atoms with Gasteiger partial charge in [-0.2, -0.15) is 0 Å². The van der Waals surface area contributed by atoms with Crippen LogP contribution >= 0.6 is 0 Å². The number of hydrogen-bond donors (Lipinski definition) is 2. The van der Waals surface area contributed by atoms with E-state index in [4.69, 9.17) is 0 Å². The normalized spacial score (nSPS) is 12.2. The smallest absolute Gasteiger partial charge is 0.196 e. The molecule has 0 spiro atoms. The minimum atomic E-state index is -1.52. The molecule has 0 amide bonds. The second-order valence-corrected chi connectivity index (χ2v) is 4.15. The Hall–Kier alpha value is -2.17. The zero-order chi connectivity index (χ0) is 14.0. The van der Waals surface area contributed by atoms with E-state index in [2.05, 4.69) is 5.32 Å². The molecule has 2 aromatic carbocycles. The Kier molecular flexibility index (Phi) is 3.64. The fraction of sp³-hybridized carbons (Fsp3) is 0.143. The Morgan fingerprint density at radius 1 is 1.00 bits per heavy atom. The summed E-state index contributed by atoms with van der Waals surface area (Å²) < 4.78 is 39.4. The van der Waals surface area contributed by atoms with E-state index in [1.807, 2.05) is 0 Å². The highest BCUT2D eigenvalue weighted by Crippen LogP contribution is 2.28. The zero-order valence-electron chi connectivity index (χ0n) is 10.1. The maximum atomic E-state index is 13.5. The maximum Gasteiger partial charge on any atom is 0.196 e. The minimum absolute atomic E-state index is 0.0468. The number of benzene rings is 2. The number of halogens is 3. The van der Waals surface area contributed by atoms with Crippen LogP contribution in [-0.4, -0.2) is 5.11 Å². The van der Waals surface area contributed by atoms with E-state index < -0.39 is 23.5 Å². The van der Waals surface area contributed by atoms with Gasteiger partial charge in [-0.3, -0.25) is 0 Å². The third-order valence-electron chi connectivity index (χ3n) is 2.81. The number of phenols is 1. The molecule has 1 atom stereocenters. The van der Waals surface area contributed by atoms with Crippen molar-refractivity contribution in [2.24, 2.45) is 0 Å². The lowest BCUT2D eigenvalue weighted by molar-refractivity contribution is 0.447. The molecule has 0 aromatic heterocycles. The third kappa shape index (κ3) is 2.65. The van der Waals surface area contributed by atoms with Gasteiger partial charge in [0.2, 0.25) is 0 Å². The quantitative estimate of drug-likeness (QED) is 0.824. The summed E-state index contributed by atoms with van der Waals surface area (Å²) in [7, 11) is 0. The molecular weight excluding hydrogens is 255 g/mol. The predicted octanol–water partition coefficient (Wildman–Crippen LogP) is 3.98. The van der Waals surface area contributed by atoms with E-state index in [1.54, 1.807) is 25.1 Å². The molecule has 2 nitrogen and oxygen atoms in total. The lowest BCUT2D eigenvalue weighted by Gasteiger charge is -2.17. The van der Waals surface area contributed by atoms with Gasteiger partial charge in [0, 0.05) is 5.56 Å². The highest BCUT2D eigenvalue weighted by atomic mass is 19.2. The number of anilines is 1. The molecule has 2 N–H and O–H groups in total. The van der Waals surface area contributed by atoms with Crippen LogP contribution in [0.3, 0.4) is 0 Å². The van der Waals surface area contributed by atoms with Crippen molar-refractivity contribution in [1.82, 2.24) is 0 Å². The lowest BCUT2D eigenvalue weighted by atomic mass is 10.1. The Balaban J connectivity index is 2.27. The van der Waals surface area contributed by atoms with Gasteiger partial charge in [-0.05, 0) is 25.1 Å². The first-order valence-corrected chi connectivity index (χ1v) is 5.68. The van der Waals surface area contributed by atoms with Crippen LogP contribution in [0, 0.1) is 17.5 Å². The van der Waals surface area contributed by atoms with Crippen molar-refractivity contribution < 1.29 is 18.3 Å². The Labute approximate surface area is 108 Å². The van der Waals surface area contributed by atoms with E-state index in [0.29, 0.717) is 5.56 Å². The molecule has 2 aromatic rings. The Morgan fingerprint density at radius 2 is 1.68 bits per heavy atom. The largest absolute Gasteiger partial charge is 0.508 e. The van der Waals surface area contributed by atoms with Crippen molar-refractivity contribution >= 4 is 5.69 Å². The monoisotopic (exact) mass is 267 g/mol. The van der Waals surface area contributed by atoms with Gasteiger partial charge >= 0.3 is 0 Å². The molecule has 0 saturated heterocycles. The van der Waals surface area contributed by atoms with Crippen LogP contribution in [0.25, 0.3) is 0 Å². The Morgan fingerprint density at radius 3 is 2.37 bits per heavy atom. The van der Waals surface area contributed by atoms with Gasteiger partial charge in [-0.1, -0.05) is 18.2 Å². The number of para-hydroxylation sites is 1. The minimum Gasteiger partial charge on any atom is -0.508 e. The number of phenolic OH excluding ortho intramolecular Hbond substituents is 1. The fourth-order valence-electron chi connectivity index (χ4n) is 1.80. The van der Waals surface area contributed by atoms with Crippen LogP contribution in [0.15, 0.2) is 36.4 Å². The number of aromatic hydroxyl groups is 1. The number of rotatable bonds is 3. The summed E-state index contributed by atoms with van der Waals surface area (Å²) >= 11 is 0. The molecular formula is C14H12F3NO. The van der Waals surface area contributed by atoms with Crippen molar-refractivity contribution in [3.8, 4) is 5.75 Å². The van der Waals surface area contributed by atoms with Gasteiger partial charge in [-0.25, -0.2) is 13.2 Å². The lowest BCUT2D eigenvalue weighted by Crippen LogP contribution is -2.09. The zero-order valence-corrected chi connectivity index (χ0v) is 10.1. The summed E-state index contributed by atoms with van der Waals surface area (Å²) in [6.45, 7) is 1.68. The van der Waals surface area contributed by atoms with Crippen molar-refractivity contribution in [3.05, 3.63) is 59.4 Å². The van der Waals surface area contributed by atoms with Crippen LogP contribution in [0.1, 0.15) is 18.5 Å². The molecule has 5 heteroatoms. The molecule has 0 aliphatic carbocycles. The SMILES string of the molecule is CC(Nc1ccc(F)c(F)c1F)c1ccccc1O. The highest BCUT2D eigenvalue weighted by Gasteiger charge is 2.16. The summed E-state index contributed by atoms with van der Waals surface area (Å²) in [5.74, 6) is -3.99. The van der Waals surface area contributed by atoms with Gasteiger partial charge in [0.05, 0.1) is 11.7 Å². The van der Waals surface area contributed by atoms with Crippen LogP contribution < -0.4 is 5.32 Å². The van der Waals surface area contributed by atoms with Crippen LogP contribution in [0.2, 0.25) is 0 Å². The number of hydrogen-bond acceptors (Lipinski definition) is 2. The second-order valence-electron chi connectivity index (χ2n) is 4.15. The van der Waals surface area contributed by atoms with Gasteiger partial charge in [0.1, 0.15) is 5.75 Å². The summed E-state index contributed by atoms with van der Waals surface area (Å²) in [6.07, 6.45) is 0. The number of nitrogens with one attached hydrogen (secondary N) is 1. The third-order valence-corrected chi connectivity index (χ3v) is 2.81. The molecule has 0 aliphatic rings. The fourth-order valence-corrected chi connectivity index (χ4v) is 1.80. The van der Waals surface area contributed by atoms with E-state index >= 15 is 0 Å². The summed E-state index contributed by atoms with van der Waals surface area (Å²) in [4.78, 5) is 0. The van der Waals surface area contributed by atoms with Gasteiger partial charge in [0.25, 0.3) is 0 Å². The molecule has 0 aliphatic heterocycles. The van der Waals surface area contributed by atoms with E-state index in [9.17, 15) is 18.3 Å². The topological polar surface area (TPSA) is 32.3 Å². The van der Waals surface area contributed by atoms with Gasteiger partial charge in [-0.15, -0.1) is 0 Å². The first-order valence-electron chi connectivity index (χ1n) is 5.68. The molecule has 0 radical (unpaired) electrons. The highest BCUT2D eigenvalue weighted by molar-refractivity contribution is 5.49. The van der Waals surface area contributed by atoms with Crippen molar-refractivity contribution in [3.63, 3.8) is 0 Å². The molecule has 2 rings (SSSR count). The molecule has 19 heavy (non-hydrogen) atoms. The first kappa shape index (κ1) is 13.3. The van der Waals surface area contributed by atoms with E-state index in [-0.39, 0.29) is 11.4 Å². The van der Waals surface area contributed by atoms with Crippen LogP contribution in [0.4, 0.5) is 18.9 Å². The molecule has 100 valence electrons. The average Bonchev–Trinajstić information content (AvgIpc) is 2.40. The molecule has 0 bridgehead atoms. The van der Waals surface area contributed by atoms with Crippen molar-refractivity contribution in [1.29, 1.82) is 0 Å². The summed E-state index contributed by atoms with van der Waals surface area (Å²) in [5.41, 5.74) is 0.376. The van der Waals surface area contributed by atoms with Gasteiger partial charge in [0.15, 0.2) is 17.5 Å². The average molecular weight is 267 g/mol. The summed E-state index contributed by atoms with van der Waals surface area (Å²) in [6, 6.07) is 8.03. The molecule has 0 fully saturated rings. The second kappa shape index (κ2) is 5.22. The van der Waals surface area contributed by atoms with Crippen LogP contribution in [-0.2, 0) is 0 Å². The van der Waals surface area contributed by atoms with Crippen LogP contribution in [0.5, 0.6) is 5.75 Å². The first-order chi connectivity index (χ1) is 9.00. The molecule has 0 saturated carbocycles. The molecule has 0 heterocycles. The predicted molar refractivity (Wildman–Crippen MR) is 66.5 cm³/mol. The Bertz CT molecular complexity index is 601. The van der Waals surface area contributed by atoms with Crippen molar-refractivity contribution in [2.75, 3.05) is 5.32 Å². The molecule has 1 unspecified atom stereocenters. The van der Waals surface area contributed by atoms with Crippen molar-refractivity contribution in [2.45, 2.75) is 13.0 Å². The van der Waals surface area contributed by atoms with Gasteiger partial charge < -0.3 is 10.4 Å². The maximum absolute atomic E-state index is 13.5. The summed E-state index contributed by atoms with van der Waals surface area (Å²) in [5, 5.41) is 12.4.